The van der Waals surface area contributed by atoms with Crippen molar-refractivity contribution in [2.75, 3.05) is 11.1 Å². The standard InChI is InChI=1S/C28H23N7.C2H6/c1-35-12-7-18-4-5-19(13-25(18)35)23-15-22(16-24-28(23)33-11-10-31-24)34-27(21-3-2-8-30-17-21)20-6-9-32-26(29)14-20;1-2/h2-17,27,34H,1H3,(H2,29,32);1-2H3. The maximum absolute atomic E-state index is 6.02. The van der Waals surface area contributed by atoms with E-state index in [1.54, 1.807) is 24.8 Å². The lowest BCUT2D eigenvalue weighted by molar-refractivity contribution is 0.924. The number of benzene rings is 2. The minimum atomic E-state index is -0.175. The van der Waals surface area contributed by atoms with E-state index in [2.05, 4.69) is 73.4 Å². The third kappa shape index (κ3) is 4.84. The zero-order valence-corrected chi connectivity index (χ0v) is 21.1. The van der Waals surface area contributed by atoms with Crippen LogP contribution in [-0.2, 0) is 7.05 Å². The van der Waals surface area contributed by atoms with Gasteiger partial charge in [0.15, 0.2) is 0 Å². The summed E-state index contributed by atoms with van der Waals surface area (Å²) in [5, 5.41) is 4.89. The van der Waals surface area contributed by atoms with E-state index in [1.165, 1.54) is 10.9 Å². The lowest BCUT2D eigenvalue weighted by Crippen LogP contribution is -2.13. The molecule has 1 unspecified atom stereocenters. The first-order valence-corrected chi connectivity index (χ1v) is 12.3. The van der Waals surface area contributed by atoms with E-state index in [0.717, 1.165) is 39.0 Å². The number of fused-ring (bicyclic) bond motifs is 2. The molecule has 1 atom stereocenters. The summed E-state index contributed by atoms with van der Waals surface area (Å²) in [4.78, 5) is 17.8. The highest BCUT2D eigenvalue weighted by molar-refractivity contribution is 5.97. The molecule has 37 heavy (non-hydrogen) atoms. The molecule has 0 radical (unpaired) electrons. The number of nitrogens with zero attached hydrogens (tertiary/aromatic N) is 5. The molecule has 3 N–H and O–H groups in total. The third-order valence-corrected chi connectivity index (χ3v) is 6.24. The van der Waals surface area contributed by atoms with E-state index in [-0.39, 0.29) is 6.04 Å². The quantitative estimate of drug-likeness (QED) is 0.293. The van der Waals surface area contributed by atoms with Crippen molar-refractivity contribution in [1.29, 1.82) is 0 Å². The Labute approximate surface area is 216 Å². The molecule has 0 bridgehead atoms. The van der Waals surface area contributed by atoms with Gasteiger partial charge in [0.25, 0.3) is 0 Å². The predicted octanol–water partition coefficient (Wildman–Crippen LogP) is 6.39. The van der Waals surface area contributed by atoms with Crippen LogP contribution in [0.2, 0.25) is 0 Å². The highest BCUT2D eigenvalue weighted by Gasteiger charge is 2.17. The number of aryl methyl sites for hydroxylation is 1. The Kier molecular flexibility index (Phi) is 6.76. The smallest absolute Gasteiger partial charge is 0.123 e. The topological polar surface area (TPSA) is 94.5 Å². The van der Waals surface area contributed by atoms with Gasteiger partial charge >= 0.3 is 0 Å². The molecule has 0 saturated carbocycles. The van der Waals surface area contributed by atoms with Gasteiger partial charge in [-0.25, -0.2) is 4.98 Å². The van der Waals surface area contributed by atoms with E-state index in [4.69, 9.17) is 5.73 Å². The van der Waals surface area contributed by atoms with Crippen LogP contribution in [0, 0.1) is 0 Å². The molecule has 0 fully saturated rings. The Morgan fingerprint density at radius 3 is 2.51 bits per heavy atom. The zero-order valence-electron chi connectivity index (χ0n) is 21.1. The van der Waals surface area contributed by atoms with Crippen molar-refractivity contribution >= 4 is 33.4 Å². The molecule has 4 aromatic heterocycles. The van der Waals surface area contributed by atoms with Gasteiger partial charge in [0.2, 0.25) is 0 Å². The average molecular weight is 488 g/mol. The molecule has 6 rings (SSSR count). The summed E-state index contributed by atoms with van der Waals surface area (Å²) in [7, 11) is 2.06. The Hall–Kier alpha value is -4.78. The summed E-state index contributed by atoms with van der Waals surface area (Å²) >= 11 is 0. The summed E-state index contributed by atoms with van der Waals surface area (Å²) in [6.07, 6.45) is 10.9. The number of aromatic nitrogens is 5. The van der Waals surface area contributed by atoms with Crippen LogP contribution in [0.5, 0.6) is 0 Å². The molecule has 7 nitrogen and oxygen atoms in total. The van der Waals surface area contributed by atoms with E-state index < -0.39 is 0 Å². The summed E-state index contributed by atoms with van der Waals surface area (Å²) in [6, 6.07) is 20.4. The molecule has 2 aromatic carbocycles. The number of hydrogen-bond acceptors (Lipinski definition) is 6. The van der Waals surface area contributed by atoms with Gasteiger partial charge in [-0.2, -0.15) is 0 Å². The molecule has 0 aliphatic carbocycles. The number of nitrogen functional groups attached to an aromatic ring is 1. The normalized spacial score (nSPS) is 11.6. The minimum absolute atomic E-state index is 0.175. The van der Waals surface area contributed by atoms with Crippen molar-refractivity contribution in [2.24, 2.45) is 7.05 Å². The van der Waals surface area contributed by atoms with Gasteiger partial charge in [-0.15, -0.1) is 0 Å². The van der Waals surface area contributed by atoms with Crippen LogP contribution in [0.1, 0.15) is 31.0 Å². The predicted molar refractivity (Wildman–Crippen MR) is 151 cm³/mol. The molecule has 6 aromatic rings. The second-order valence-electron chi connectivity index (χ2n) is 8.53. The van der Waals surface area contributed by atoms with Crippen LogP contribution in [0.25, 0.3) is 33.1 Å². The summed E-state index contributed by atoms with van der Waals surface area (Å²) < 4.78 is 2.13. The highest BCUT2D eigenvalue weighted by Crippen LogP contribution is 2.34. The van der Waals surface area contributed by atoms with E-state index >= 15 is 0 Å². The minimum Gasteiger partial charge on any atom is -0.384 e. The number of pyridine rings is 2. The molecule has 0 saturated heterocycles. The summed E-state index contributed by atoms with van der Waals surface area (Å²) in [5.74, 6) is 0.471. The molecular formula is C30H29N7. The van der Waals surface area contributed by atoms with Crippen molar-refractivity contribution in [3.63, 3.8) is 0 Å². The van der Waals surface area contributed by atoms with Gasteiger partial charge in [-0.05, 0) is 64.5 Å². The van der Waals surface area contributed by atoms with Crippen LogP contribution in [0.15, 0.2) is 97.8 Å². The molecular weight excluding hydrogens is 458 g/mol. The number of hydrogen-bond donors (Lipinski definition) is 2. The van der Waals surface area contributed by atoms with Crippen LogP contribution in [0.3, 0.4) is 0 Å². The van der Waals surface area contributed by atoms with Crippen LogP contribution >= 0.6 is 0 Å². The van der Waals surface area contributed by atoms with Gasteiger partial charge in [-0.1, -0.05) is 32.0 Å². The number of anilines is 2. The van der Waals surface area contributed by atoms with Crippen LogP contribution in [0.4, 0.5) is 11.5 Å². The fourth-order valence-corrected chi connectivity index (χ4v) is 4.53. The van der Waals surface area contributed by atoms with E-state index in [9.17, 15) is 0 Å². The number of rotatable bonds is 5. The van der Waals surface area contributed by atoms with Crippen molar-refractivity contribution < 1.29 is 0 Å². The summed E-state index contributed by atoms with van der Waals surface area (Å²) in [5.41, 5.74) is 13.9. The Balaban J connectivity index is 0.00000137. The van der Waals surface area contributed by atoms with Crippen LogP contribution < -0.4 is 11.1 Å². The summed E-state index contributed by atoms with van der Waals surface area (Å²) in [6.45, 7) is 4.00. The van der Waals surface area contributed by atoms with Crippen molar-refractivity contribution in [2.45, 2.75) is 19.9 Å². The Morgan fingerprint density at radius 2 is 1.70 bits per heavy atom. The molecule has 4 heterocycles. The number of nitrogens with two attached hydrogens (primary N) is 1. The SMILES string of the molecule is CC.Cn1ccc2ccc(-c3cc(NC(c4cccnc4)c4ccnc(N)c4)cc4nccnc34)cc21. The third-order valence-electron chi connectivity index (χ3n) is 6.24. The van der Waals surface area contributed by atoms with Gasteiger partial charge in [0.05, 0.1) is 17.1 Å². The largest absolute Gasteiger partial charge is 0.384 e. The van der Waals surface area contributed by atoms with Crippen LogP contribution in [-0.4, -0.2) is 24.5 Å². The second kappa shape index (κ2) is 10.5. The first kappa shape index (κ1) is 23.9. The highest BCUT2D eigenvalue weighted by atomic mass is 14.9. The fraction of sp³-hybridized carbons (Fsp3) is 0.133. The Bertz CT molecular complexity index is 1660. The monoisotopic (exact) mass is 487 g/mol. The Morgan fingerprint density at radius 1 is 0.838 bits per heavy atom. The van der Waals surface area contributed by atoms with Crippen molar-refractivity contribution in [1.82, 2.24) is 24.5 Å². The maximum Gasteiger partial charge on any atom is 0.123 e. The van der Waals surface area contributed by atoms with Gasteiger partial charge < -0.3 is 15.6 Å². The van der Waals surface area contributed by atoms with Gasteiger partial charge in [0.1, 0.15) is 5.82 Å². The van der Waals surface area contributed by atoms with Crippen molar-refractivity contribution in [3.05, 3.63) is 109 Å². The van der Waals surface area contributed by atoms with E-state index in [0.29, 0.717) is 5.82 Å². The molecule has 0 amide bonds. The second-order valence-corrected chi connectivity index (χ2v) is 8.53. The molecule has 184 valence electrons. The lowest BCUT2D eigenvalue weighted by Gasteiger charge is -2.22. The zero-order chi connectivity index (χ0) is 25.8. The lowest BCUT2D eigenvalue weighted by atomic mass is 9.98. The average Bonchev–Trinajstić information content (AvgIpc) is 3.32. The van der Waals surface area contributed by atoms with Gasteiger partial charge in [0, 0.05) is 61.0 Å². The van der Waals surface area contributed by atoms with Crippen molar-refractivity contribution in [3.8, 4) is 11.1 Å². The number of nitrogens with one attached hydrogen (secondary N) is 1. The molecule has 7 heteroatoms. The van der Waals surface area contributed by atoms with Gasteiger partial charge in [-0.3, -0.25) is 15.0 Å². The first-order valence-electron chi connectivity index (χ1n) is 12.3. The first-order chi connectivity index (χ1) is 18.2. The fourth-order valence-electron chi connectivity index (χ4n) is 4.53. The van der Waals surface area contributed by atoms with E-state index in [1.807, 2.05) is 50.4 Å². The maximum atomic E-state index is 6.02. The molecule has 0 aliphatic rings. The molecule has 0 aliphatic heterocycles. The molecule has 0 spiro atoms.